The molecule has 2 aliphatic rings. The van der Waals surface area contributed by atoms with Crippen LogP contribution in [0.1, 0.15) is 12.8 Å². The molecule has 8 unspecified atom stereocenters. The second-order valence-corrected chi connectivity index (χ2v) is 6.64. The largest absolute Gasteiger partial charge is 0.396 e. The van der Waals surface area contributed by atoms with E-state index in [1.165, 1.54) is 0 Å². The van der Waals surface area contributed by atoms with Gasteiger partial charge in [-0.1, -0.05) is 6.58 Å². The van der Waals surface area contributed by atoms with Crippen LogP contribution in [0.25, 0.3) is 0 Å². The van der Waals surface area contributed by atoms with E-state index in [0.29, 0.717) is 5.57 Å². The smallest absolute Gasteiger partial charge is 0.186 e. The van der Waals surface area contributed by atoms with Gasteiger partial charge in [0.15, 0.2) is 6.29 Å². The zero-order chi connectivity index (χ0) is 17.9. The van der Waals surface area contributed by atoms with Crippen molar-refractivity contribution in [3.8, 4) is 0 Å². The zero-order valence-corrected chi connectivity index (χ0v) is 13.6. The van der Waals surface area contributed by atoms with Crippen LogP contribution in [0.2, 0.25) is 0 Å². The molecule has 0 radical (unpaired) electrons. The molecule has 6 N–H and O–H groups in total. The Kier molecular flexibility index (Phi) is 7.14. The maximum absolute atomic E-state index is 9.99. The topological polar surface area (TPSA) is 140 Å². The molecule has 1 aliphatic heterocycles. The van der Waals surface area contributed by atoms with Gasteiger partial charge in [-0.3, -0.25) is 0 Å². The van der Waals surface area contributed by atoms with Crippen LogP contribution in [0.15, 0.2) is 12.2 Å². The Morgan fingerprint density at radius 2 is 1.71 bits per heavy atom. The van der Waals surface area contributed by atoms with E-state index in [0.717, 1.165) is 12.8 Å². The van der Waals surface area contributed by atoms with Crippen molar-refractivity contribution in [3.05, 3.63) is 12.2 Å². The van der Waals surface area contributed by atoms with Gasteiger partial charge < -0.3 is 40.1 Å². The Morgan fingerprint density at radius 3 is 2.29 bits per heavy atom. The molecule has 8 nitrogen and oxygen atoms in total. The zero-order valence-electron chi connectivity index (χ0n) is 13.6. The van der Waals surface area contributed by atoms with Gasteiger partial charge in [0.05, 0.1) is 19.8 Å². The summed E-state index contributed by atoms with van der Waals surface area (Å²) in [6.45, 7) is 3.32. The molecule has 8 atom stereocenters. The maximum atomic E-state index is 9.99. The highest BCUT2D eigenvalue weighted by molar-refractivity contribution is 5.07. The second-order valence-electron chi connectivity index (χ2n) is 6.64. The summed E-state index contributed by atoms with van der Waals surface area (Å²) in [6.07, 6.45) is -5.01. The van der Waals surface area contributed by atoms with Crippen molar-refractivity contribution in [3.63, 3.8) is 0 Å². The SMILES string of the molecule is C=C(CO)C1CCC(CO)C1COC1OC(CO)C(O)C(O)C1O. The fraction of sp³-hybridized carbons (Fsp3) is 0.875. The van der Waals surface area contributed by atoms with Crippen LogP contribution in [0, 0.1) is 17.8 Å². The minimum Gasteiger partial charge on any atom is -0.396 e. The molecule has 0 aromatic rings. The van der Waals surface area contributed by atoms with Crippen molar-refractivity contribution in [2.45, 2.75) is 43.5 Å². The number of aliphatic hydroxyl groups excluding tert-OH is 6. The van der Waals surface area contributed by atoms with Gasteiger partial charge in [-0.15, -0.1) is 0 Å². The first-order chi connectivity index (χ1) is 11.4. The Morgan fingerprint density at radius 1 is 1.00 bits per heavy atom. The van der Waals surface area contributed by atoms with Crippen LogP contribution in [0.3, 0.4) is 0 Å². The third-order valence-electron chi connectivity index (χ3n) is 5.23. The number of rotatable bonds is 7. The summed E-state index contributed by atoms with van der Waals surface area (Å²) in [7, 11) is 0. The van der Waals surface area contributed by atoms with Crippen LogP contribution in [-0.2, 0) is 9.47 Å². The Bertz CT molecular complexity index is 415. The molecular weight excluding hydrogens is 320 g/mol. The number of hydrogen-bond acceptors (Lipinski definition) is 8. The van der Waals surface area contributed by atoms with E-state index in [9.17, 15) is 30.6 Å². The highest BCUT2D eigenvalue weighted by atomic mass is 16.7. The van der Waals surface area contributed by atoms with E-state index in [1.54, 1.807) is 0 Å². The maximum Gasteiger partial charge on any atom is 0.186 e. The van der Waals surface area contributed by atoms with Gasteiger partial charge in [-0.25, -0.2) is 0 Å². The third-order valence-corrected chi connectivity index (χ3v) is 5.23. The van der Waals surface area contributed by atoms with Gasteiger partial charge in [-0.2, -0.15) is 0 Å². The van der Waals surface area contributed by atoms with E-state index < -0.39 is 37.3 Å². The molecule has 0 amide bonds. The van der Waals surface area contributed by atoms with Crippen LogP contribution >= 0.6 is 0 Å². The van der Waals surface area contributed by atoms with E-state index >= 15 is 0 Å². The Balaban J connectivity index is 2.00. The molecule has 8 heteroatoms. The van der Waals surface area contributed by atoms with Crippen molar-refractivity contribution in [2.24, 2.45) is 17.8 Å². The van der Waals surface area contributed by atoms with Crippen molar-refractivity contribution >= 4 is 0 Å². The molecule has 0 bridgehead atoms. The van der Waals surface area contributed by atoms with E-state index in [-0.39, 0.29) is 37.6 Å². The number of aliphatic hydroxyl groups is 6. The van der Waals surface area contributed by atoms with Gasteiger partial charge in [0, 0.05) is 6.61 Å². The molecule has 1 aliphatic carbocycles. The normalized spacial score (nSPS) is 43.1. The quantitative estimate of drug-likeness (QED) is 0.290. The fourth-order valence-electron chi connectivity index (χ4n) is 3.66. The average Bonchev–Trinajstić information content (AvgIpc) is 3.01. The number of ether oxygens (including phenoxy) is 2. The molecule has 2 rings (SSSR count). The van der Waals surface area contributed by atoms with Gasteiger partial charge in [0.2, 0.25) is 0 Å². The van der Waals surface area contributed by atoms with Crippen molar-refractivity contribution < 1.29 is 40.1 Å². The summed E-state index contributed by atoms with van der Waals surface area (Å²) in [4.78, 5) is 0. The average molecular weight is 348 g/mol. The van der Waals surface area contributed by atoms with Crippen molar-refractivity contribution in [1.29, 1.82) is 0 Å². The summed E-state index contributed by atoms with van der Waals surface area (Å²) < 4.78 is 10.9. The van der Waals surface area contributed by atoms with Crippen LogP contribution in [-0.4, -0.2) is 87.8 Å². The summed E-state index contributed by atoms with van der Waals surface area (Å²) in [5, 5.41) is 57.5. The third kappa shape index (κ3) is 3.97. The molecule has 1 saturated carbocycles. The molecular formula is C16H28O8. The van der Waals surface area contributed by atoms with Crippen molar-refractivity contribution in [1.82, 2.24) is 0 Å². The monoisotopic (exact) mass is 348 g/mol. The highest BCUT2D eigenvalue weighted by Gasteiger charge is 2.45. The molecule has 2 fully saturated rings. The minimum atomic E-state index is -1.48. The first-order valence-corrected chi connectivity index (χ1v) is 8.26. The molecule has 1 saturated heterocycles. The molecule has 0 spiro atoms. The fourth-order valence-corrected chi connectivity index (χ4v) is 3.66. The predicted octanol–water partition coefficient (Wildman–Crippen LogP) is -2.01. The summed E-state index contributed by atoms with van der Waals surface area (Å²) in [5.41, 5.74) is 0.674. The first-order valence-electron chi connectivity index (χ1n) is 8.26. The lowest BCUT2D eigenvalue weighted by Gasteiger charge is -2.40. The van der Waals surface area contributed by atoms with Crippen molar-refractivity contribution in [2.75, 3.05) is 26.4 Å². The van der Waals surface area contributed by atoms with Gasteiger partial charge >= 0.3 is 0 Å². The second kappa shape index (κ2) is 8.68. The summed E-state index contributed by atoms with van der Waals surface area (Å²) >= 11 is 0. The lowest BCUT2D eigenvalue weighted by Crippen LogP contribution is -2.59. The standard InChI is InChI=1S/C16H28O8/c1-8(4-17)10-3-2-9(5-18)11(10)7-23-16-15(22)14(21)13(20)12(6-19)24-16/h9-22H,1-7H2. The minimum absolute atomic E-state index is 0.00274. The van der Waals surface area contributed by atoms with E-state index in [4.69, 9.17) is 9.47 Å². The molecule has 24 heavy (non-hydrogen) atoms. The van der Waals surface area contributed by atoms with Gasteiger partial charge in [0.25, 0.3) is 0 Å². The van der Waals surface area contributed by atoms with E-state index in [2.05, 4.69) is 6.58 Å². The molecule has 0 aromatic carbocycles. The summed E-state index contributed by atoms with van der Waals surface area (Å²) in [6, 6.07) is 0. The van der Waals surface area contributed by atoms with Gasteiger partial charge in [0.1, 0.15) is 24.4 Å². The summed E-state index contributed by atoms with van der Waals surface area (Å²) in [5.74, 6) is -0.109. The lowest BCUT2D eigenvalue weighted by molar-refractivity contribution is -0.304. The van der Waals surface area contributed by atoms with Crippen LogP contribution < -0.4 is 0 Å². The first kappa shape index (κ1) is 19.7. The predicted molar refractivity (Wildman–Crippen MR) is 82.7 cm³/mol. The lowest BCUT2D eigenvalue weighted by atomic mass is 9.86. The highest BCUT2D eigenvalue weighted by Crippen LogP contribution is 2.41. The van der Waals surface area contributed by atoms with Crippen LogP contribution in [0.4, 0.5) is 0 Å². The molecule has 1 heterocycles. The Hall–Kier alpha value is -0.580. The molecule has 140 valence electrons. The Labute approximate surface area is 141 Å². The van der Waals surface area contributed by atoms with Gasteiger partial charge in [-0.05, 0) is 36.2 Å². The van der Waals surface area contributed by atoms with E-state index in [1.807, 2.05) is 0 Å². The molecule has 0 aromatic heterocycles. The van der Waals surface area contributed by atoms with Crippen LogP contribution in [0.5, 0.6) is 0 Å². The number of hydrogen-bond donors (Lipinski definition) is 6.